The largest absolute Gasteiger partial charge is 0.544 e. The first kappa shape index (κ1) is 15.9. The third-order valence-electron chi connectivity index (χ3n) is 3.10. The summed E-state index contributed by atoms with van der Waals surface area (Å²) in [6.07, 6.45) is 0.652. The fourth-order valence-corrected chi connectivity index (χ4v) is 3.26. The van der Waals surface area contributed by atoms with Gasteiger partial charge in [-0.25, -0.2) is 0 Å². The van der Waals surface area contributed by atoms with Crippen LogP contribution in [0, 0.1) is 0 Å². The highest BCUT2D eigenvalue weighted by molar-refractivity contribution is 7.57. The minimum Gasteiger partial charge on any atom is -0.544 e. The summed E-state index contributed by atoms with van der Waals surface area (Å²) in [7, 11) is -3.33. The zero-order valence-corrected chi connectivity index (χ0v) is 11.9. The molecule has 0 saturated heterocycles. The van der Waals surface area contributed by atoms with E-state index in [1.54, 1.807) is 0 Å². The molecule has 19 heavy (non-hydrogen) atoms. The molecule has 0 fully saturated rings. The number of hydrogen-bond acceptors (Lipinski definition) is 3. The Morgan fingerprint density at radius 1 is 1.37 bits per heavy atom. The Hall–Kier alpha value is -1.16. The number of aryl methyl sites for hydroxylation is 1. The standard InChI is InChI=1S/C13H20NO4P/c1-13(14,12(15)16)8-10-19(17,18)9-7-11-5-3-2-4-6-11/h2-6H,7-10,14H2,1H3,(H,15,16)(H,17,18)/t13-/m0/s1. The Bertz CT molecular complexity index is 473. The average molecular weight is 285 g/mol. The highest BCUT2D eigenvalue weighted by Crippen LogP contribution is 2.42. The molecule has 2 atom stereocenters. The summed E-state index contributed by atoms with van der Waals surface area (Å²) >= 11 is 0. The Labute approximate surface area is 112 Å². The van der Waals surface area contributed by atoms with Gasteiger partial charge in [-0.15, -0.1) is 0 Å². The number of benzene rings is 1. The average Bonchev–Trinajstić information content (AvgIpc) is 2.36. The quantitative estimate of drug-likeness (QED) is 0.667. The lowest BCUT2D eigenvalue weighted by Gasteiger charge is -2.23. The molecule has 1 unspecified atom stereocenters. The van der Waals surface area contributed by atoms with E-state index in [2.05, 4.69) is 5.73 Å². The maximum absolute atomic E-state index is 12.0. The van der Waals surface area contributed by atoms with Gasteiger partial charge in [-0.1, -0.05) is 30.3 Å². The topological polar surface area (TPSA) is 105 Å². The minimum absolute atomic E-state index is 0.0396. The van der Waals surface area contributed by atoms with Gasteiger partial charge in [-0.3, -0.25) is 4.57 Å². The normalized spacial score (nSPS) is 17.4. The van der Waals surface area contributed by atoms with Gasteiger partial charge < -0.3 is 20.5 Å². The van der Waals surface area contributed by atoms with Gasteiger partial charge in [0.15, 0.2) is 0 Å². The molecule has 1 aromatic rings. The van der Waals surface area contributed by atoms with Gasteiger partial charge in [0.05, 0.1) is 0 Å². The van der Waals surface area contributed by atoms with E-state index in [9.17, 15) is 19.4 Å². The van der Waals surface area contributed by atoms with Crippen LogP contribution in [-0.2, 0) is 15.8 Å². The van der Waals surface area contributed by atoms with Crippen LogP contribution in [0.15, 0.2) is 30.3 Å². The molecule has 5 nitrogen and oxygen atoms in total. The second-order valence-corrected chi connectivity index (χ2v) is 7.71. The van der Waals surface area contributed by atoms with E-state index in [1.165, 1.54) is 6.92 Å². The predicted molar refractivity (Wildman–Crippen MR) is 70.6 cm³/mol. The Morgan fingerprint density at radius 2 is 1.95 bits per heavy atom. The number of carbonyl (C=O) groups excluding carboxylic acids is 1. The first-order valence-corrected chi connectivity index (χ1v) is 8.17. The summed E-state index contributed by atoms with van der Waals surface area (Å²) < 4.78 is 12.0. The van der Waals surface area contributed by atoms with Crippen LogP contribution in [0.4, 0.5) is 0 Å². The van der Waals surface area contributed by atoms with Crippen molar-refractivity contribution in [2.75, 3.05) is 12.3 Å². The second kappa shape index (κ2) is 6.33. The molecule has 0 aromatic heterocycles. The lowest BCUT2D eigenvalue weighted by atomic mass is 10.0. The lowest BCUT2D eigenvalue weighted by molar-refractivity contribution is -0.481. The molecule has 106 valence electrons. The third-order valence-corrected chi connectivity index (χ3v) is 4.94. The molecule has 0 aliphatic carbocycles. The molecule has 0 aliphatic heterocycles. The fraction of sp³-hybridized carbons (Fsp3) is 0.462. The highest BCUT2D eigenvalue weighted by atomic mass is 31.2. The van der Waals surface area contributed by atoms with Gasteiger partial charge in [0.25, 0.3) is 0 Å². The van der Waals surface area contributed by atoms with Gasteiger partial charge in [0.1, 0.15) is 11.5 Å². The van der Waals surface area contributed by atoms with Gasteiger partial charge in [-0.05, 0) is 18.9 Å². The van der Waals surface area contributed by atoms with Crippen molar-refractivity contribution in [3.8, 4) is 0 Å². The Morgan fingerprint density at radius 3 is 2.47 bits per heavy atom. The molecular weight excluding hydrogens is 265 g/mol. The van der Waals surface area contributed by atoms with Crippen LogP contribution in [-0.4, -0.2) is 28.7 Å². The number of carbonyl (C=O) groups is 1. The Kier molecular flexibility index (Phi) is 5.29. The number of quaternary nitrogens is 1. The van der Waals surface area contributed by atoms with Gasteiger partial charge in [0.2, 0.25) is 7.37 Å². The maximum atomic E-state index is 12.0. The van der Waals surface area contributed by atoms with E-state index < -0.39 is 18.9 Å². The molecule has 6 heteroatoms. The summed E-state index contributed by atoms with van der Waals surface area (Å²) in [6.45, 7) is 1.40. The first-order chi connectivity index (χ1) is 8.73. The molecule has 0 amide bonds. The molecule has 0 radical (unpaired) electrons. The lowest BCUT2D eigenvalue weighted by Crippen LogP contribution is -2.78. The van der Waals surface area contributed by atoms with Crippen LogP contribution in [0.25, 0.3) is 0 Å². The molecule has 0 saturated carbocycles. The third kappa shape index (κ3) is 5.55. The van der Waals surface area contributed by atoms with Gasteiger partial charge in [-0.2, -0.15) is 0 Å². The number of rotatable bonds is 7. The van der Waals surface area contributed by atoms with Crippen molar-refractivity contribution in [2.45, 2.75) is 25.3 Å². The fourth-order valence-electron chi connectivity index (χ4n) is 1.58. The van der Waals surface area contributed by atoms with Crippen LogP contribution < -0.4 is 10.8 Å². The smallest absolute Gasteiger partial charge is 0.201 e. The number of hydrogen-bond donors (Lipinski definition) is 2. The summed E-state index contributed by atoms with van der Waals surface area (Å²) in [5.74, 6) is -1.30. The Balaban J connectivity index is 2.49. The van der Waals surface area contributed by atoms with Crippen molar-refractivity contribution >= 4 is 13.3 Å². The van der Waals surface area contributed by atoms with Crippen molar-refractivity contribution in [1.29, 1.82) is 0 Å². The molecular formula is C13H20NO4P. The molecule has 0 bridgehead atoms. The van der Waals surface area contributed by atoms with Crippen LogP contribution in [0.1, 0.15) is 18.9 Å². The van der Waals surface area contributed by atoms with Crippen molar-refractivity contribution in [3.63, 3.8) is 0 Å². The summed E-state index contributed by atoms with van der Waals surface area (Å²) in [4.78, 5) is 20.6. The highest BCUT2D eigenvalue weighted by Gasteiger charge is 2.29. The molecule has 0 spiro atoms. The summed E-state index contributed by atoms with van der Waals surface area (Å²) in [5, 5.41) is 10.8. The van der Waals surface area contributed by atoms with Crippen molar-refractivity contribution in [3.05, 3.63) is 35.9 Å². The molecule has 0 aliphatic rings. The zero-order chi connectivity index (χ0) is 14.5. The van der Waals surface area contributed by atoms with Gasteiger partial charge >= 0.3 is 0 Å². The number of aliphatic carboxylic acids is 1. The molecule has 4 N–H and O–H groups in total. The first-order valence-electron chi connectivity index (χ1n) is 6.14. The van der Waals surface area contributed by atoms with E-state index in [1.807, 2.05) is 30.3 Å². The SMILES string of the molecule is C[C@]([NH3+])(CCP(=O)(O)CCc1ccccc1)C(=O)[O-]. The van der Waals surface area contributed by atoms with Crippen molar-refractivity contribution in [2.24, 2.45) is 0 Å². The zero-order valence-electron chi connectivity index (χ0n) is 11.0. The monoisotopic (exact) mass is 285 g/mol. The predicted octanol–water partition coefficient (Wildman–Crippen LogP) is -0.360. The molecule has 1 aromatic carbocycles. The molecule has 1 rings (SSSR count). The van der Waals surface area contributed by atoms with E-state index >= 15 is 0 Å². The second-order valence-electron chi connectivity index (χ2n) is 5.13. The molecule has 0 heterocycles. The summed E-state index contributed by atoms with van der Waals surface area (Å²) in [6, 6.07) is 9.43. The van der Waals surface area contributed by atoms with E-state index in [0.717, 1.165) is 5.56 Å². The van der Waals surface area contributed by atoms with Crippen LogP contribution in [0.2, 0.25) is 0 Å². The summed E-state index contributed by atoms with van der Waals surface area (Å²) in [5.41, 5.74) is 3.18. The van der Waals surface area contributed by atoms with Crippen LogP contribution in [0.5, 0.6) is 0 Å². The van der Waals surface area contributed by atoms with E-state index in [-0.39, 0.29) is 18.7 Å². The van der Waals surface area contributed by atoms with Gasteiger partial charge in [0, 0.05) is 18.7 Å². The number of carboxylic acids is 1. The van der Waals surface area contributed by atoms with Crippen molar-refractivity contribution < 1.29 is 25.1 Å². The van der Waals surface area contributed by atoms with Crippen LogP contribution in [0.3, 0.4) is 0 Å². The minimum atomic E-state index is -3.33. The van der Waals surface area contributed by atoms with Crippen molar-refractivity contribution in [1.82, 2.24) is 0 Å². The number of carboxylic acid groups (broad SMARTS) is 1. The van der Waals surface area contributed by atoms with Crippen LogP contribution >= 0.6 is 7.37 Å². The maximum Gasteiger partial charge on any atom is 0.201 e. The van der Waals surface area contributed by atoms with E-state index in [0.29, 0.717) is 6.42 Å². The van der Waals surface area contributed by atoms with E-state index in [4.69, 9.17) is 0 Å².